The van der Waals surface area contributed by atoms with Crippen LogP contribution in [-0.4, -0.2) is 19.1 Å². The molecule has 5 nitrogen and oxygen atoms in total. The largest absolute Gasteiger partial charge is 0.464 e. The number of para-hydroxylation sites is 3. The minimum atomic E-state index is 0.818. The van der Waals surface area contributed by atoms with Gasteiger partial charge in [0.05, 0.1) is 34.0 Å². The molecule has 0 aliphatic rings. The molecule has 4 heterocycles. The fourth-order valence-electron chi connectivity index (χ4n) is 5.84. The highest BCUT2D eigenvalue weighted by Gasteiger charge is 2.18. The molecule has 0 N–H and O–H groups in total. The number of hydrogen-bond acceptors (Lipinski definition) is 3. The van der Waals surface area contributed by atoms with Crippen molar-refractivity contribution < 1.29 is 4.42 Å². The first-order valence-corrected chi connectivity index (χ1v) is 13.3. The van der Waals surface area contributed by atoms with Gasteiger partial charge in [0.25, 0.3) is 0 Å². The Hall–Kier alpha value is -5.42. The lowest BCUT2D eigenvalue weighted by Crippen LogP contribution is -1.97. The van der Waals surface area contributed by atoms with Crippen molar-refractivity contribution in [2.24, 2.45) is 7.05 Å². The van der Waals surface area contributed by atoms with E-state index < -0.39 is 0 Å². The van der Waals surface area contributed by atoms with E-state index in [1.54, 1.807) is 6.26 Å². The molecule has 0 spiro atoms. The average molecular weight is 517 g/mol. The van der Waals surface area contributed by atoms with Gasteiger partial charge in [0, 0.05) is 46.4 Å². The van der Waals surface area contributed by atoms with Crippen LogP contribution in [0.3, 0.4) is 0 Å². The van der Waals surface area contributed by atoms with Gasteiger partial charge in [0.1, 0.15) is 11.6 Å². The molecular weight excluding hydrogens is 492 g/mol. The van der Waals surface area contributed by atoms with Gasteiger partial charge in [0.15, 0.2) is 0 Å². The molecule has 0 atom stereocenters. The average Bonchev–Trinajstić information content (AvgIpc) is 3.74. The molecule has 0 saturated carbocycles. The van der Waals surface area contributed by atoms with E-state index >= 15 is 0 Å². The van der Waals surface area contributed by atoms with E-state index in [-0.39, 0.29) is 0 Å². The molecule has 4 aromatic heterocycles. The number of furan rings is 1. The summed E-state index contributed by atoms with van der Waals surface area (Å²) in [6.07, 6.45) is 3.54. The highest BCUT2D eigenvalue weighted by molar-refractivity contribution is 6.10. The lowest BCUT2D eigenvalue weighted by Gasteiger charge is -2.13. The van der Waals surface area contributed by atoms with E-state index in [1.807, 2.05) is 42.6 Å². The van der Waals surface area contributed by atoms with Crippen LogP contribution in [0.1, 0.15) is 0 Å². The summed E-state index contributed by atoms with van der Waals surface area (Å²) >= 11 is 0. The number of hydrogen-bond donors (Lipinski definition) is 0. The van der Waals surface area contributed by atoms with Crippen molar-refractivity contribution >= 4 is 32.8 Å². The smallest absolute Gasteiger partial charge is 0.140 e. The summed E-state index contributed by atoms with van der Waals surface area (Å²) in [6, 6.07) is 39.9. The molecular formula is C35H24N4O. The SMILES string of the molecule is Cn1c(-c2ccc3c4ccccc4n(-c4ccc(-c5ccco5)c(-c5ccccn5)c4)c3c2)nc2ccccc21. The number of aromatic nitrogens is 4. The van der Waals surface area contributed by atoms with E-state index in [9.17, 15) is 0 Å². The third-order valence-corrected chi connectivity index (χ3v) is 7.71. The minimum Gasteiger partial charge on any atom is -0.464 e. The van der Waals surface area contributed by atoms with Crippen LogP contribution < -0.4 is 0 Å². The fraction of sp³-hybridized carbons (Fsp3) is 0.0286. The van der Waals surface area contributed by atoms with Gasteiger partial charge in [-0.2, -0.15) is 0 Å². The minimum absolute atomic E-state index is 0.818. The zero-order valence-electron chi connectivity index (χ0n) is 21.8. The maximum absolute atomic E-state index is 5.81. The molecule has 40 heavy (non-hydrogen) atoms. The van der Waals surface area contributed by atoms with Crippen molar-refractivity contribution in [1.29, 1.82) is 0 Å². The van der Waals surface area contributed by atoms with Crippen molar-refractivity contribution in [2.45, 2.75) is 0 Å². The molecule has 0 aliphatic carbocycles. The van der Waals surface area contributed by atoms with Gasteiger partial charge in [-0.05, 0) is 66.7 Å². The molecule has 0 saturated heterocycles. The van der Waals surface area contributed by atoms with Crippen molar-refractivity contribution in [1.82, 2.24) is 19.1 Å². The first-order valence-electron chi connectivity index (χ1n) is 13.3. The quantitative estimate of drug-likeness (QED) is 0.235. The van der Waals surface area contributed by atoms with Gasteiger partial charge in [-0.25, -0.2) is 4.98 Å². The van der Waals surface area contributed by atoms with E-state index in [1.165, 1.54) is 10.8 Å². The lowest BCUT2D eigenvalue weighted by molar-refractivity contribution is 0.582. The van der Waals surface area contributed by atoms with Crippen molar-refractivity contribution in [3.05, 3.63) is 128 Å². The second-order valence-corrected chi connectivity index (χ2v) is 9.99. The van der Waals surface area contributed by atoms with Crippen LogP contribution in [-0.2, 0) is 7.05 Å². The Morgan fingerprint density at radius 2 is 1.48 bits per heavy atom. The normalized spacial score (nSPS) is 11.6. The van der Waals surface area contributed by atoms with E-state index in [0.29, 0.717) is 0 Å². The van der Waals surface area contributed by atoms with Crippen LogP contribution in [0.5, 0.6) is 0 Å². The van der Waals surface area contributed by atoms with Gasteiger partial charge < -0.3 is 13.6 Å². The number of imidazole rings is 1. The third-order valence-electron chi connectivity index (χ3n) is 7.71. The van der Waals surface area contributed by atoms with Crippen molar-refractivity contribution in [3.63, 3.8) is 0 Å². The fourth-order valence-corrected chi connectivity index (χ4v) is 5.84. The van der Waals surface area contributed by atoms with E-state index in [4.69, 9.17) is 9.40 Å². The van der Waals surface area contributed by atoms with E-state index in [2.05, 4.69) is 100 Å². The molecule has 5 heteroatoms. The predicted octanol–water partition coefficient (Wildman–Crippen LogP) is 8.66. The highest BCUT2D eigenvalue weighted by atomic mass is 16.3. The third kappa shape index (κ3) is 3.41. The number of aryl methyl sites for hydroxylation is 1. The second kappa shape index (κ2) is 8.82. The van der Waals surface area contributed by atoms with Gasteiger partial charge in [-0.3, -0.25) is 4.98 Å². The van der Waals surface area contributed by atoms with Crippen LogP contribution in [0.2, 0.25) is 0 Å². The topological polar surface area (TPSA) is 48.8 Å². The molecule has 0 radical (unpaired) electrons. The summed E-state index contributed by atoms with van der Waals surface area (Å²) < 4.78 is 10.3. The van der Waals surface area contributed by atoms with Gasteiger partial charge in [0.2, 0.25) is 0 Å². The Balaban J connectivity index is 1.40. The molecule has 0 amide bonds. The molecule has 8 rings (SSSR count). The van der Waals surface area contributed by atoms with Gasteiger partial charge in [-0.1, -0.05) is 48.5 Å². The predicted molar refractivity (Wildman–Crippen MR) is 161 cm³/mol. The zero-order chi connectivity index (χ0) is 26.6. The monoisotopic (exact) mass is 516 g/mol. The van der Waals surface area contributed by atoms with Gasteiger partial charge in [-0.15, -0.1) is 0 Å². The molecule has 4 aromatic carbocycles. The Bertz CT molecular complexity index is 2170. The maximum Gasteiger partial charge on any atom is 0.140 e. The number of fused-ring (bicyclic) bond motifs is 4. The summed E-state index contributed by atoms with van der Waals surface area (Å²) in [7, 11) is 2.08. The van der Waals surface area contributed by atoms with Crippen molar-refractivity contribution in [2.75, 3.05) is 0 Å². The molecule has 0 aliphatic heterocycles. The standard InChI is InChI=1S/C35H24N4O/c1-38-32-13-5-3-11-30(32)37-35(38)23-15-17-26-25-9-2-4-12-31(25)39(33(26)21-23)24-16-18-27(34-14-8-20-40-34)28(22-24)29-10-6-7-19-36-29/h2-22H,1H3. The molecule has 0 unspecified atom stereocenters. The van der Waals surface area contributed by atoms with Crippen LogP contribution in [0, 0.1) is 0 Å². The zero-order valence-corrected chi connectivity index (χ0v) is 21.8. The van der Waals surface area contributed by atoms with Crippen LogP contribution >= 0.6 is 0 Å². The summed E-state index contributed by atoms with van der Waals surface area (Å²) in [6.45, 7) is 0. The van der Waals surface area contributed by atoms with Crippen LogP contribution in [0.25, 0.3) is 72.5 Å². The highest BCUT2D eigenvalue weighted by Crippen LogP contribution is 2.38. The Morgan fingerprint density at radius 3 is 2.30 bits per heavy atom. The van der Waals surface area contributed by atoms with Crippen molar-refractivity contribution in [3.8, 4) is 39.7 Å². The first kappa shape index (κ1) is 22.6. The lowest BCUT2D eigenvalue weighted by atomic mass is 10.0. The number of rotatable bonds is 4. The Kier molecular flexibility index (Phi) is 4.97. The van der Waals surface area contributed by atoms with Crippen LogP contribution in [0.15, 0.2) is 132 Å². The second-order valence-electron chi connectivity index (χ2n) is 9.99. The number of pyridine rings is 1. The molecule has 0 fully saturated rings. The maximum atomic E-state index is 5.81. The van der Waals surface area contributed by atoms with Gasteiger partial charge >= 0.3 is 0 Å². The summed E-state index contributed by atoms with van der Waals surface area (Å²) in [4.78, 5) is 9.66. The van der Waals surface area contributed by atoms with E-state index in [0.717, 1.165) is 61.7 Å². The first-order chi connectivity index (χ1) is 19.8. The molecule has 0 bridgehead atoms. The summed E-state index contributed by atoms with van der Waals surface area (Å²) in [5.74, 6) is 1.76. The Labute approximate surface area is 230 Å². The number of nitrogens with zero attached hydrogens (tertiary/aromatic N) is 4. The van der Waals surface area contributed by atoms with Crippen LogP contribution in [0.4, 0.5) is 0 Å². The summed E-state index contributed by atoms with van der Waals surface area (Å²) in [5.41, 5.74) is 9.45. The number of benzene rings is 4. The molecule has 8 aromatic rings. The Morgan fingerprint density at radius 1 is 0.650 bits per heavy atom. The summed E-state index contributed by atoms with van der Waals surface area (Å²) in [5, 5.41) is 2.41. The molecule has 190 valence electrons.